The normalized spacial score (nSPS) is 11.7. The zero-order valence-electron chi connectivity index (χ0n) is 17.4. The van der Waals surface area contributed by atoms with Gasteiger partial charge in [0.15, 0.2) is 0 Å². The van der Waals surface area contributed by atoms with Crippen molar-refractivity contribution in [3.8, 4) is 0 Å². The van der Waals surface area contributed by atoms with Crippen molar-refractivity contribution < 1.29 is 9.18 Å². The smallest absolute Gasteiger partial charge is 0.256 e. The van der Waals surface area contributed by atoms with Crippen molar-refractivity contribution in [2.75, 3.05) is 10.6 Å². The van der Waals surface area contributed by atoms with Crippen LogP contribution in [-0.2, 0) is 0 Å². The number of carbonyl (C=O) groups is 1. The summed E-state index contributed by atoms with van der Waals surface area (Å²) in [6.45, 7) is 4.13. The first-order valence-corrected chi connectivity index (χ1v) is 10.9. The Hall–Kier alpha value is -3.44. The number of hydrogen-bond donors (Lipinski definition) is 2. The Bertz CT molecular complexity index is 1170. The Balaban J connectivity index is 1.75. The van der Waals surface area contributed by atoms with E-state index < -0.39 is 0 Å². The van der Waals surface area contributed by atoms with Gasteiger partial charge in [-0.05, 0) is 61.4 Å². The van der Waals surface area contributed by atoms with Gasteiger partial charge in [-0.1, -0.05) is 48.5 Å². The molecule has 3 nitrogen and oxygen atoms in total. The minimum absolute atomic E-state index is 0.142. The molecule has 0 saturated heterocycles. The molecule has 0 saturated carbocycles. The minimum atomic E-state index is -0.278. The van der Waals surface area contributed by atoms with Crippen LogP contribution in [0, 0.1) is 19.7 Å². The first-order chi connectivity index (χ1) is 15.0. The highest BCUT2D eigenvalue weighted by Crippen LogP contribution is 2.41. The van der Waals surface area contributed by atoms with E-state index in [0.717, 1.165) is 32.3 Å². The van der Waals surface area contributed by atoms with E-state index in [1.807, 2.05) is 36.4 Å². The highest BCUT2D eigenvalue weighted by atomic mass is 32.1. The minimum Gasteiger partial charge on any atom is -0.374 e. The number of thiophene rings is 1. The quantitative estimate of drug-likeness (QED) is 0.347. The number of hydrogen-bond acceptors (Lipinski definition) is 3. The van der Waals surface area contributed by atoms with E-state index in [0.29, 0.717) is 5.56 Å². The third kappa shape index (κ3) is 4.67. The Morgan fingerprint density at radius 3 is 2.13 bits per heavy atom. The lowest BCUT2D eigenvalue weighted by Crippen LogP contribution is -2.17. The molecular weight excluding hydrogens is 407 g/mol. The lowest BCUT2D eigenvalue weighted by atomic mass is 9.96. The van der Waals surface area contributed by atoms with Crippen LogP contribution < -0.4 is 10.6 Å². The van der Waals surface area contributed by atoms with Crippen LogP contribution in [0.25, 0.3) is 0 Å². The molecule has 2 N–H and O–H groups in total. The van der Waals surface area contributed by atoms with Gasteiger partial charge in [0.2, 0.25) is 0 Å². The maximum Gasteiger partial charge on any atom is 0.256 e. The van der Waals surface area contributed by atoms with Crippen LogP contribution in [-0.4, -0.2) is 5.91 Å². The number of amides is 1. The molecule has 156 valence electrons. The van der Waals surface area contributed by atoms with Crippen LogP contribution in [0.15, 0.2) is 84.9 Å². The summed E-state index contributed by atoms with van der Waals surface area (Å²) in [4.78, 5) is 14.0. The molecule has 3 aromatic carbocycles. The summed E-state index contributed by atoms with van der Waals surface area (Å²) in [7, 11) is 0. The first kappa shape index (κ1) is 20.8. The highest BCUT2D eigenvalue weighted by molar-refractivity contribution is 7.16. The Morgan fingerprint density at radius 1 is 0.871 bits per heavy atom. The molecule has 1 aromatic heterocycles. The third-order valence-corrected chi connectivity index (χ3v) is 6.41. The Labute approximate surface area is 185 Å². The molecule has 1 amide bonds. The lowest BCUT2D eigenvalue weighted by molar-refractivity contribution is 0.102. The van der Waals surface area contributed by atoms with E-state index in [9.17, 15) is 9.18 Å². The van der Waals surface area contributed by atoms with Gasteiger partial charge in [0.25, 0.3) is 5.91 Å². The van der Waals surface area contributed by atoms with Gasteiger partial charge < -0.3 is 10.6 Å². The van der Waals surface area contributed by atoms with E-state index in [4.69, 9.17) is 0 Å². The monoisotopic (exact) mass is 430 g/mol. The van der Waals surface area contributed by atoms with Gasteiger partial charge in [0.1, 0.15) is 10.8 Å². The summed E-state index contributed by atoms with van der Waals surface area (Å²) < 4.78 is 13.4. The fourth-order valence-electron chi connectivity index (χ4n) is 3.53. The van der Waals surface area contributed by atoms with Gasteiger partial charge in [0, 0.05) is 21.7 Å². The van der Waals surface area contributed by atoms with Crippen molar-refractivity contribution in [2.45, 2.75) is 19.9 Å². The van der Waals surface area contributed by atoms with E-state index in [1.54, 1.807) is 35.6 Å². The zero-order valence-corrected chi connectivity index (χ0v) is 18.2. The molecule has 1 heterocycles. The highest BCUT2D eigenvalue weighted by Gasteiger charge is 2.24. The lowest BCUT2D eigenvalue weighted by Gasteiger charge is -2.23. The fourth-order valence-corrected chi connectivity index (χ4v) is 4.62. The molecule has 0 spiro atoms. The number of nitrogens with one attached hydrogen (secondary N) is 2. The Morgan fingerprint density at radius 2 is 1.48 bits per heavy atom. The molecule has 0 bridgehead atoms. The molecule has 0 radical (unpaired) electrons. The predicted molar refractivity (Wildman–Crippen MR) is 126 cm³/mol. The maximum absolute atomic E-state index is 13.4. The average molecular weight is 431 g/mol. The van der Waals surface area contributed by atoms with E-state index in [1.165, 1.54) is 12.1 Å². The van der Waals surface area contributed by atoms with Crippen molar-refractivity contribution in [3.05, 3.63) is 118 Å². The van der Waals surface area contributed by atoms with E-state index >= 15 is 0 Å². The molecule has 0 unspecified atom stereocenters. The average Bonchev–Trinajstić information content (AvgIpc) is 3.07. The van der Waals surface area contributed by atoms with Crippen LogP contribution in [0.3, 0.4) is 0 Å². The van der Waals surface area contributed by atoms with Crippen molar-refractivity contribution in [1.29, 1.82) is 0 Å². The second-order valence-corrected chi connectivity index (χ2v) is 8.57. The summed E-state index contributed by atoms with van der Waals surface area (Å²) in [5.74, 6) is -0.420. The summed E-state index contributed by atoms with van der Waals surface area (Å²) in [5, 5.41) is 7.46. The van der Waals surface area contributed by atoms with E-state index in [2.05, 4.69) is 36.6 Å². The Kier molecular flexibility index (Phi) is 6.14. The van der Waals surface area contributed by atoms with E-state index in [-0.39, 0.29) is 17.8 Å². The van der Waals surface area contributed by atoms with Crippen molar-refractivity contribution in [1.82, 2.24) is 0 Å². The topological polar surface area (TPSA) is 41.1 Å². The predicted octanol–water partition coefficient (Wildman–Crippen LogP) is 6.96. The number of aryl methyl sites for hydroxylation is 1. The zero-order chi connectivity index (χ0) is 21.8. The second-order valence-electron chi connectivity index (χ2n) is 7.34. The summed E-state index contributed by atoms with van der Waals surface area (Å²) in [6.07, 6.45) is 0. The van der Waals surface area contributed by atoms with Gasteiger partial charge in [-0.3, -0.25) is 4.79 Å². The van der Waals surface area contributed by atoms with Crippen molar-refractivity contribution >= 4 is 27.9 Å². The van der Waals surface area contributed by atoms with Crippen molar-refractivity contribution in [2.24, 2.45) is 0 Å². The molecule has 1 atom stereocenters. The molecule has 4 aromatic rings. The molecule has 5 heteroatoms. The largest absolute Gasteiger partial charge is 0.374 e. The van der Waals surface area contributed by atoms with Gasteiger partial charge >= 0.3 is 0 Å². The van der Waals surface area contributed by atoms with Crippen LogP contribution in [0.2, 0.25) is 0 Å². The van der Waals surface area contributed by atoms with Gasteiger partial charge in [-0.25, -0.2) is 4.39 Å². The fraction of sp³-hybridized carbons (Fsp3) is 0.115. The van der Waals surface area contributed by atoms with Crippen LogP contribution in [0.4, 0.5) is 15.1 Å². The number of rotatable bonds is 6. The molecular formula is C26H23FN2OS. The third-order valence-electron chi connectivity index (χ3n) is 5.27. The molecule has 4 rings (SSSR count). The second kappa shape index (κ2) is 9.14. The van der Waals surface area contributed by atoms with Crippen LogP contribution in [0.5, 0.6) is 0 Å². The number of anilines is 2. The molecule has 0 aliphatic carbocycles. The number of halogens is 1. The summed E-state index contributed by atoms with van der Waals surface area (Å²) >= 11 is 1.57. The molecule has 0 aliphatic rings. The number of benzene rings is 3. The maximum atomic E-state index is 13.4. The van der Waals surface area contributed by atoms with Crippen LogP contribution >= 0.6 is 11.3 Å². The molecule has 0 aliphatic heterocycles. The van der Waals surface area contributed by atoms with Crippen LogP contribution in [0.1, 0.15) is 38.0 Å². The summed E-state index contributed by atoms with van der Waals surface area (Å²) in [6, 6.07) is 25.4. The van der Waals surface area contributed by atoms with Crippen molar-refractivity contribution in [3.63, 3.8) is 0 Å². The summed E-state index contributed by atoms with van der Waals surface area (Å²) in [5.41, 5.74) is 4.61. The number of carbonyl (C=O) groups excluding carboxylic acids is 1. The van der Waals surface area contributed by atoms with Gasteiger partial charge in [0.05, 0.1) is 6.04 Å². The molecule has 31 heavy (non-hydrogen) atoms. The standard InChI is InChI=1S/C26H23FN2OS/c1-17-18(2)31-26(29-25(30)20-11-7-4-8-12-20)23(17)24(19-9-5-3-6-10-19)28-22-15-13-21(27)14-16-22/h3-16,24,28H,1-2H3,(H,29,30)/t24-/m1/s1. The van der Waals surface area contributed by atoms with Gasteiger partial charge in [-0.2, -0.15) is 0 Å². The van der Waals surface area contributed by atoms with Gasteiger partial charge in [-0.15, -0.1) is 11.3 Å². The first-order valence-electron chi connectivity index (χ1n) is 10.1. The molecule has 0 fully saturated rings. The SMILES string of the molecule is Cc1sc(NC(=O)c2ccccc2)c([C@H](Nc2ccc(F)cc2)c2ccccc2)c1C.